The predicted octanol–water partition coefficient (Wildman–Crippen LogP) is 1.70. The Balaban J connectivity index is 2.09. The summed E-state index contributed by atoms with van der Waals surface area (Å²) in [5.74, 6) is -1.09. The summed E-state index contributed by atoms with van der Waals surface area (Å²) in [6.07, 6.45) is 1.51. The fraction of sp³-hybridized carbons (Fsp3) is 0.0909. The number of rotatable bonds is 2. The molecule has 1 aliphatic rings. The van der Waals surface area contributed by atoms with E-state index in [1.165, 1.54) is 30.6 Å². The van der Waals surface area contributed by atoms with Crippen LogP contribution in [0.5, 0.6) is 0 Å². The molecule has 0 saturated heterocycles. The van der Waals surface area contributed by atoms with Gasteiger partial charge in [0.2, 0.25) is 0 Å². The molecule has 2 aromatic rings. The predicted molar refractivity (Wildman–Crippen MR) is 79.6 cm³/mol. The Morgan fingerprint density at radius 1 is 1.38 bits per heavy atom. The van der Waals surface area contributed by atoms with Gasteiger partial charge in [-0.25, -0.2) is 13.4 Å². The number of anilines is 1. The molecule has 2 N–H and O–H groups in total. The molecule has 10 heteroatoms. The number of nitrogens with one attached hydrogen (secondary N) is 1. The third-order valence-electron chi connectivity index (χ3n) is 2.89. The van der Waals surface area contributed by atoms with Gasteiger partial charge in [0.25, 0.3) is 15.9 Å². The number of sulfonamides is 1. The molecule has 1 aliphatic heterocycles. The van der Waals surface area contributed by atoms with Crippen LogP contribution in [-0.2, 0) is 14.8 Å². The lowest BCUT2D eigenvalue weighted by molar-refractivity contribution is -0.113. The Morgan fingerprint density at radius 3 is 2.81 bits per heavy atom. The van der Waals surface area contributed by atoms with Crippen molar-refractivity contribution in [3.8, 4) is 0 Å². The quantitative estimate of drug-likeness (QED) is 0.864. The lowest BCUT2D eigenvalue weighted by Crippen LogP contribution is -2.36. The molecule has 0 saturated carbocycles. The first kappa shape index (κ1) is 14.0. The fourth-order valence-corrected chi connectivity index (χ4v) is 5.12. The lowest BCUT2D eigenvalue weighted by Gasteiger charge is -2.26. The van der Waals surface area contributed by atoms with E-state index in [1.807, 2.05) is 0 Å². The van der Waals surface area contributed by atoms with Crippen molar-refractivity contribution in [1.29, 1.82) is 0 Å². The highest BCUT2D eigenvalue weighted by molar-refractivity contribution is 7.91. The molecule has 0 spiro atoms. The van der Waals surface area contributed by atoms with Crippen molar-refractivity contribution in [2.75, 3.05) is 12.4 Å². The molecule has 3 heterocycles. The topological polar surface area (TPSA) is 99.6 Å². The minimum absolute atomic E-state index is 0.0216. The number of hydrogen-bond acceptors (Lipinski definition) is 7. The van der Waals surface area contributed by atoms with Crippen LogP contribution in [0.2, 0.25) is 0 Å². The molecule has 0 unspecified atom stereocenters. The number of aromatic nitrogens is 1. The Labute approximate surface area is 128 Å². The smallest absolute Gasteiger partial charge is 0.278 e. The molecule has 0 aliphatic carbocycles. The summed E-state index contributed by atoms with van der Waals surface area (Å²) in [5, 5.41) is 16.2. The molecule has 7 nitrogen and oxygen atoms in total. The Bertz CT molecular complexity index is 836. The molecule has 2 aromatic heterocycles. The van der Waals surface area contributed by atoms with Crippen molar-refractivity contribution < 1.29 is 18.3 Å². The maximum absolute atomic E-state index is 12.3. The van der Waals surface area contributed by atoms with Gasteiger partial charge in [0.05, 0.1) is 5.56 Å². The van der Waals surface area contributed by atoms with Crippen LogP contribution in [0.15, 0.2) is 32.9 Å². The van der Waals surface area contributed by atoms with Gasteiger partial charge < -0.3 is 5.11 Å². The molecule has 0 aromatic carbocycles. The van der Waals surface area contributed by atoms with Gasteiger partial charge >= 0.3 is 0 Å². The van der Waals surface area contributed by atoms with Gasteiger partial charge in [0, 0.05) is 18.6 Å². The third kappa shape index (κ3) is 2.11. The summed E-state index contributed by atoms with van der Waals surface area (Å²) >= 11 is 2.18. The van der Waals surface area contributed by atoms with Crippen LogP contribution in [0.25, 0.3) is 5.76 Å². The molecule has 3 rings (SSSR count). The van der Waals surface area contributed by atoms with Crippen molar-refractivity contribution in [1.82, 2.24) is 9.29 Å². The van der Waals surface area contributed by atoms with Crippen molar-refractivity contribution in [2.24, 2.45) is 0 Å². The highest BCUT2D eigenvalue weighted by atomic mass is 32.2. The van der Waals surface area contributed by atoms with E-state index in [9.17, 15) is 18.3 Å². The Hall–Kier alpha value is -1.91. The molecule has 0 bridgehead atoms. The Morgan fingerprint density at radius 2 is 2.14 bits per heavy atom. The average Bonchev–Trinajstić information content (AvgIpc) is 3.07. The normalized spacial score (nSPS) is 16.7. The van der Waals surface area contributed by atoms with Gasteiger partial charge in [-0.2, -0.15) is 0 Å². The van der Waals surface area contributed by atoms with Crippen molar-refractivity contribution in [3.63, 3.8) is 0 Å². The number of thiophene rings is 1. The van der Waals surface area contributed by atoms with E-state index in [1.54, 1.807) is 10.8 Å². The minimum atomic E-state index is -3.83. The van der Waals surface area contributed by atoms with Crippen LogP contribution in [-0.4, -0.2) is 35.8 Å². The monoisotopic (exact) mass is 343 g/mol. The van der Waals surface area contributed by atoms with Gasteiger partial charge in [-0.1, -0.05) is 0 Å². The third-order valence-corrected chi connectivity index (χ3v) is 6.79. The van der Waals surface area contributed by atoms with Crippen molar-refractivity contribution in [2.45, 2.75) is 4.21 Å². The van der Waals surface area contributed by atoms with Crippen molar-refractivity contribution >= 4 is 49.5 Å². The van der Waals surface area contributed by atoms with Gasteiger partial charge in [-0.15, -0.1) is 22.7 Å². The average molecular weight is 343 g/mol. The second-order valence-corrected chi connectivity index (χ2v) is 8.06. The first-order valence-corrected chi connectivity index (χ1v) is 8.83. The summed E-state index contributed by atoms with van der Waals surface area (Å²) in [5.41, 5.74) is -0.182. The number of aliphatic hydroxyl groups is 1. The van der Waals surface area contributed by atoms with Crippen LogP contribution >= 0.6 is 22.7 Å². The molecule has 0 fully saturated rings. The zero-order chi connectivity index (χ0) is 15.2. The van der Waals surface area contributed by atoms with Crippen molar-refractivity contribution in [3.05, 3.63) is 34.3 Å². The van der Waals surface area contributed by atoms with Crippen LogP contribution in [0.3, 0.4) is 0 Å². The second kappa shape index (κ2) is 4.83. The Kier molecular flexibility index (Phi) is 3.23. The largest absolute Gasteiger partial charge is 0.505 e. The highest BCUT2D eigenvalue weighted by Gasteiger charge is 2.39. The summed E-state index contributed by atoms with van der Waals surface area (Å²) in [6, 6.07) is 1.47. The van der Waals surface area contributed by atoms with E-state index >= 15 is 0 Å². The summed E-state index contributed by atoms with van der Waals surface area (Å²) in [6.45, 7) is 0. The number of aliphatic hydroxyl groups excluding tert-OH is 1. The van der Waals surface area contributed by atoms with Gasteiger partial charge in [-0.05, 0) is 11.4 Å². The standard InChI is InChI=1S/C11H9N3O4S3/c1-14-7(9(16)13-11-12-3-5-20-11)8(15)6-2-4-19-10(6)21(14,17)18/h2-5,15H,1H3,(H,12,13,16). The molecule has 0 radical (unpaired) electrons. The van der Waals surface area contributed by atoms with E-state index in [0.717, 1.165) is 15.6 Å². The van der Waals surface area contributed by atoms with E-state index in [-0.39, 0.29) is 21.2 Å². The number of nitrogens with zero attached hydrogens (tertiary/aromatic N) is 2. The molecule has 21 heavy (non-hydrogen) atoms. The lowest BCUT2D eigenvalue weighted by atomic mass is 10.2. The molecular weight excluding hydrogens is 334 g/mol. The highest BCUT2D eigenvalue weighted by Crippen LogP contribution is 2.38. The van der Waals surface area contributed by atoms with Crippen LogP contribution in [0.1, 0.15) is 5.56 Å². The van der Waals surface area contributed by atoms with E-state index < -0.39 is 15.9 Å². The van der Waals surface area contributed by atoms with Gasteiger partial charge in [-0.3, -0.25) is 14.4 Å². The zero-order valence-corrected chi connectivity index (χ0v) is 13.1. The number of thiazole rings is 1. The molecular formula is C11H9N3O4S3. The maximum atomic E-state index is 12.3. The van der Waals surface area contributed by atoms with E-state index in [0.29, 0.717) is 5.13 Å². The summed E-state index contributed by atoms with van der Waals surface area (Å²) in [4.78, 5) is 16.1. The fourth-order valence-electron chi connectivity index (χ4n) is 1.88. The summed E-state index contributed by atoms with van der Waals surface area (Å²) < 4.78 is 25.5. The van der Waals surface area contributed by atoms with E-state index in [4.69, 9.17) is 0 Å². The van der Waals surface area contributed by atoms with Crippen LogP contribution in [0.4, 0.5) is 5.13 Å². The van der Waals surface area contributed by atoms with E-state index in [2.05, 4.69) is 10.3 Å². The van der Waals surface area contributed by atoms with Gasteiger partial charge in [0.15, 0.2) is 20.8 Å². The SMILES string of the molecule is CN1C(C(=O)Nc2nccs2)=C(O)c2ccsc2S1(=O)=O. The molecule has 0 atom stereocenters. The maximum Gasteiger partial charge on any atom is 0.278 e. The number of carbonyl (C=O) groups excluding carboxylic acids is 1. The molecule has 110 valence electrons. The number of amides is 1. The number of fused-ring (bicyclic) bond motifs is 1. The second-order valence-electron chi connectivity index (χ2n) is 4.08. The first-order chi connectivity index (χ1) is 9.93. The molecule has 1 amide bonds. The number of likely N-dealkylation sites (N-methyl/N-ethyl adjacent to an activating group) is 1. The first-order valence-electron chi connectivity index (χ1n) is 5.64. The number of hydrogen-bond donors (Lipinski definition) is 2. The number of carbonyl (C=O) groups is 1. The van der Waals surface area contributed by atoms with Crippen LogP contribution < -0.4 is 5.32 Å². The van der Waals surface area contributed by atoms with Crippen LogP contribution in [0, 0.1) is 0 Å². The van der Waals surface area contributed by atoms with Gasteiger partial charge in [0.1, 0.15) is 0 Å². The summed E-state index contributed by atoms with van der Waals surface area (Å²) in [7, 11) is -2.60. The zero-order valence-electron chi connectivity index (χ0n) is 10.6. The minimum Gasteiger partial charge on any atom is -0.505 e.